The summed E-state index contributed by atoms with van der Waals surface area (Å²) in [5.41, 5.74) is 5.43. The molecule has 18 heteroatoms. The van der Waals surface area contributed by atoms with Crippen LogP contribution in [0.2, 0.25) is 15.1 Å². The molecular weight excluding hydrogens is 1140 g/mol. The van der Waals surface area contributed by atoms with Gasteiger partial charge in [0.25, 0.3) is 0 Å². The number of likely N-dealkylation sites (tertiary alicyclic amines) is 1. The minimum absolute atomic E-state index is 0.00740. The highest BCUT2D eigenvalue weighted by molar-refractivity contribution is 6.39. The number of rotatable bonds is 10. The van der Waals surface area contributed by atoms with Crippen LogP contribution >= 0.6 is 34.8 Å². The van der Waals surface area contributed by atoms with Crippen LogP contribution < -0.4 is 25.2 Å². The van der Waals surface area contributed by atoms with Crippen molar-refractivity contribution in [3.8, 4) is 28.5 Å². The Morgan fingerprint density at radius 2 is 1.41 bits per heavy atom. The molecule has 8 unspecified atom stereocenters. The third-order valence-corrected chi connectivity index (χ3v) is 22.9. The highest BCUT2D eigenvalue weighted by Gasteiger charge is 2.52. The third kappa shape index (κ3) is 9.03. The second-order valence-electron chi connectivity index (χ2n) is 26.6. The smallest absolute Gasteiger partial charge is 0.216 e. The van der Waals surface area contributed by atoms with Crippen LogP contribution in [0.3, 0.4) is 0 Å². The largest absolute Gasteiger partial charge is 0.508 e. The number of piperidine rings is 1. The highest BCUT2D eigenvalue weighted by atomic mass is 35.5. The molecule has 85 heavy (non-hydrogen) atoms. The van der Waals surface area contributed by atoms with Gasteiger partial charge < -0.3 is 40.3 Å². The van der Waals surface area contributed by atoms with Gasteiger partial charge in [-0.3, -0.25) is 14.8 Å². The quantitative estimate of drug-likeness (QED) is 0.105. The van der Waals surface area contributed by atoms with Crippen molar-refractivity contribution in [2.24, 2.45) is 10.9 Å². The van der Waals surface area contributed by atoms with E-state index in [-0.39, 0.29) is 77.7 Å². The van der Waals surface area contributed by atoms with Gasteiger partial charge in [-0.05, 0) is 180 Å². The average Bonchev–Trinajstić information content (AvgIpc) is 2.11. The maximum atomic E-state index is 18.2. The number of phenolic OH excluding ortho intramolecular Hbond substituents is 2. The van der Waals surface area contributed by atoms with Gasteiger partial charge >= 0.3 is 0 Å². The normalized spacial score (nSPS) is 29.1. The molecule has 10 aliphatic heterocycles. The molecule has 0 radical (unpaired) electrons. The number of pyridine rings is 1. The number of hydrogen-bond acceptors (Lipinski definition) is 12. The summed E-state index contributed by atoms with van der Waals surface area (Å²) in [5, 5.41) is 32.9. The van der Waals surface area contributed by atoms with Crippen LogP contribution in [0.1, 0.15) is 102 Å². The summed E-state index contributed by atoms with van der Waals surface area (Å²) >= 11 is 21.2. The first-order valence-electron chi connectivity index (χ1n) is 31.2. The lowest BCUT2D eigenvalue weighted by atomic mass is 9.82. The Morgan fingerprint density at radius 1 is 0.706 bits per heavy atom. The van der Waals surface area contributed by atoms with Crippen molar-refractivity contribution in [2.45, 2.75) is 138 Å². The minimum atomic E-state index is -0.685. The van der Waals surface area contributed by atoms with Gasteiger partial charge in [-0.2, -0.15) is 0 Å². The summed E-state index contributed by atoms with van der Waals surface area (Å²) in [6, 6.07) is 15.8. The third-order valence-electron chi connectivity index (χ3n) is 21.9. The van der Waals surface area contributed by atoms with E-state index < -0.39 is 17.5 Å². The number of hydrogen-bond donors (Lipinski definition) is 4. The van der Waals surface area contributed by atoms with Crippen LogP contribution in [-0.4, -0.2) is 142 Å². The molecule has 9 fully saturated rings. The van der Waals surface area contributed by atoms with E-state index in [0.29, 0.717) is 89.0 Å². The first-order valence-corrected chi connectivity index (χ1v) is 32.3. The number of phenols is 2. The zero-order valence-corrected chi connectivity index (χ0v) is 50.1. The van der Waals surface area contributed by atoms with Gasteiger partial charge in [-0.15, -0.1) is 0 Å². The predicted octanol–water partition coefficient (Wildman–Crippen LogP) is 13.2. The number of aliphatic imine (C=N–C) groups is 1. The van der Waals surface area contributed by atoms with Crippen molar-refractivity contribution in [1.29, 1.82) is 0 Å². The van der Waals surface area contributed by atoms with Gasteiger partial charge in [0.15, 0.2) is 5.82 Å². The zero-order valence-electron chi connectivity index (χ0n) is 47.9. The predicted molar refractivity (Wildman–Crippen MR) is 333 cm³/mol. The van der Waals surface area contributed by atoms with Crippen LogP contribution in [0.25, 0.3) is 43.6 Å². The van der Waals surface area contributed by atoms with Crippen molar-refractivity contribution in [1.82, 2.24) is 30.3 Å². The van der Waals surface area contributed by atoms with E-state index >= 15 is 13.2 Å². The molecule has 4 bridgehead atoms. The number of piperazine rings is 2. The topological polar surface area (TPSA) is 115 Å². The van der Waals surface area contributed by atoms with Crippen LogP contribution in [-0.2, 0) is 0 Å². The number of nitrogens with zero attached hydrogens (tertiary/aromatic N) is 7. The summed E-state index contributed by atoms with van der Waals surface area (Å²) in [6.45, 7) is 10.2. The van der Waals surface area contributed by atoms with Gasteiger partial charge in [-0.25, -0.2) is 18.2 Å². The summed E-state index contributed by atoms with van der Waals surface area (Å²) in [7, 11) is 0. The molecule has 4 N–H and O–H groups in total. The second-order valence-corrected chi connectivity index (χ2v) is 27.7. The SMILES string of the molecule is C/C(=C\C1=NC2CN(c3cc(O)cc4ccc(F)c(Cl)c34)CCC2C(N2CC3CCC(C2)N3)=C1)C12CCCN1C(c1cc(F)c(Cl)c3c(-c4c(Cl)cc5c(N6CC7CCC(C6)N7)cc(OCC67CCCN6CCC7)nc5c4F)cc(O)cc13)CC2. The van der Waals surface area contributed by atoms with E-state index in [1.165, 1.54) is 29.5 Å². The summed E-state index contributed by atoms with van der Waals surface area (Å²) in [4.78, 5) is 22.7. The van der Waals surface area contributed by atoms with E-state index in [0.717, 1.165) is 134 Å². The molecule has 0 aliphatic carbocycles. The highest BCUT2D eigenvalue weighted by Crippen LogP contribution is 2.56. The Morgan fingerprint density at radius 3 is 2.16 bits per heavy atom. The van der Waals surface area contributed by atoms with Gasteiger partial charge in [0.2, 0.25) is 5.88 Å². The van der Waals surface area contributed by atoms with Crippen LogP contribution in [0.5, 0.6) is 17.4 Å². The number of nitrogens with one attached hydrogen (secondary N) is 2. The first-order chi connectivity index (χ1) is 41.2. The van der Waals surface area contributed by atoms with Gasteiger partial charge in [0.05, 0.1) is 38.0 Å². The molecule has 10 aliphatic rings. The monoisotopic (exact) mass is 1210 g/mol. The van der Waals surface area contributed by atoms with E-state index in [1.807, 2.05) is 6.07 Å². The summed E-state index contributed by atoms with van der Waals surface area (Å²) in [5.74, 6) is -1.32. The fourth-order valence-electron chi connectivity index (χ4n) is 18.0. The molecular formula is C67H71Cl3F3N9O3. The molecule has 11 heterocycles. The Balaban J connectivity index is 0.757. The minimum Gasteiger partial charge on any atom is -0.508 e. The maximum Gasteiger partial charge on any atom is 0.216 e. The number of dihydropyridines is 1. The van der Waals surface area contributed by atoms with Gasteiger partial charge in [-0.1, -0.05) is 46.4 Å². The Kier molecular flexibility index (Phi) is 13.4. The lowest BCUT2D eigenvalue weighted by Gasteiger charge is -2.46. The molecule has 12 nitrogen and oxygen atoms in total. The van der Waals surface area contributed by atoms with Crippen molar-refractivity contribution < 1.29 is 28.1 Å². The molecule has 9 saturated heterocycles. The number of aromatic hydroxyl groups is 2. The Hall–Kier alpha value is -5.52. The fraction of sp³-hybridized carbons (Fsp3) is 0.493. The van der Waals surface area contributed by atoms with Crippen LogP contribution in [0, 0.1) is 23.4 Å². The number of fused-ring (bicyclic) bond motifs is 10. The maximum absolute atomic E-state index is 18.2. The van der Waals surface area contributed by atoms with E-state index in [9.17, 15) is 10.2 Å². The number of halogens is 6. The molecule has 8 atom stereocenters. The van der Waals surface area contributed by atoms with E-state index in [4.69, 9.17) is 49.5 Å². The van der Waals surface area contributed by atoms with E-state index in [2.05, 4.69) is 54.2 Å². The molecule has 5 aromatic carbocycles. The summed E-state index contributed by atoms with van der Waals surface area (Å²) < 4.78 is 57.0. The first kappa shape index (κ1) is 54.8. The zero-order chi connectivity index (χ0) is 57.8. The van der Waals surface area contributed by atoms with E-state index in [1.54, 1.807) is 30.3 Å². The van der Waals surface area contributed by atoms with Gasteiger partial charge in [0.1, 0.15) is 35.3 Å². The number of aromatic nitrogens is 1. The van der Waals surface area contributed by atoms with Crippen molar-refractivity contribution in [3.63, 3.8) is 0 Å². The van der Waals surface area contributed by atoms with Crippen molar-refractivity contribution >= 4 is 84.3 Å². The van der Waals surface area contributed by atoms with Crippen LogP contribution in [0.4, 0.5) is 24.5 Å². The molecule has 0 spiro atoms. The van der Waals surface area contributed by atoms with Crippen molar-refractivity contribution in [2.75, 3.05) is 75.3 Å². The number of ether oxygens (including phenoxy) is 1. The standard InChI is InChI=1S/C67H71Cl3F3N9O3/c1-36(21-42-23-55(79-30-38-6-7-39(31-79)74-38)45-12-20-78(34-53(45)76-42)57-26-43(83)22-37-5-10-51(71)62(69)59(37)57)67-15-4-19-82(67)54(11-16-67)46-28-52(72)63(70)60-47(46)24-44(84)25-49(60)61-50(68)27-48-56(80-32-40-8-9-41(33-80)75-40)29-58(77-65(48)64(61)73)85-35-66-13-2-17-81(66)18-3-14-66/h5,10,21-29,38-41,45,53-54,74-75,83-84H,2-4,6-9,11-20,30-35H2,1H3/b36-21+. The summed E-state index contributed by atoms with van der Waals surface area (Å²) in [6.07, 6.45) is 17.6. The Labute approximate surface area is 508 Å². The number of anilines is 2. The number of allylic oxidation sites excluding steroid dienone is 2. The lowest BCUT2D eigenvalue weighted by Crippen LogP contribution is -2.54. The fourth-order valence-corrected chi connectivity index (χ4v) is 18.9. The van der Waals surface area contributed by atoms with Crippen molar-refractivity contribution in [3.05, 3.63) is 116 Å². The molecule has 0 amide bonds. The molecule has 6 aromatic rings. The number of benzene rings is 5. The molecule has 1 aromatic heterocycles. The second kappa shape index (κ2) is 20.8. The molecule has 16 rings (SSSR count). The lowest BCUT2D eigenvalue weighted by molar-refractivity contribution is 0.111. The van der Waals surface area contributed by atoms with Crippen LogP contribution in [0.15, 0.2) is 83.0 Å². The molecule has 0 saturated carbocycles. The Bertz CT molecular complexity index is 3850. The molecule has 444 valence electrons. The van der Waals surface area contributed by atoms with Gasteiger partial charge in [0, 0.05) is 126 Å². The average molecular weight is 1210 g/mol.